The number of hydrogen-bond acceptors (Lipinski definition) is 5. The van der Waals surface area contributed by atoms with Crippen molar-refractivity contribution in [1.82, 2.24) is 15.3 Å². The summed E-state index contributed by atoms with van der Waals surface area (Å²) in [5, 5.41) is 6.95. The van der Waals surface area contributed by atoms with Crippen LogP contribution in [0.5, 0.6) is 5.88 Å². The van der Waals surface area contributed by atoms with Crippen molar-refractivity contribution in [2.45, 2.75) is 44.2 Å². The first-order chi connectivity index (χ1) is 10.9. The molecule has 2 N–H and O–H groups in total. The molecule has 2 fully saturated rings. The molecule has 1 aromatic heterocycles. The number of anilines is 1. The zero-order valence-corrected chi connectivity index (χ0v) is 12.7. The van der Waals surface area contributed by atoms with Crippen LogP contribution in [-0.2, 0) is 0 Å². The molecular formula is C17H22N4O. The second-order valence-electron chi connectivity index (χ2n) is 6.24. The van der Waals surface area contributed by atoms with E-state index < -0.39 is 0 Å². The fourth-order valence-electron chi connectivity index (χ4n) is 2.85. The van der Waals surface area contributed by atoms with Crippen LogP contribution in [-0.4, -0.2) is 35.2 Å². The molecule has 5 heteroatoms. The van der Waals surface area contributed by atoms with E-state index in [1.54, 1.807) is 0 Å². The Kier molecular flexibility index (Phi) is 3.81. The minimum Gasteiger partial charge on any atom is -0.473 e. The second-order valence-corrected chi connectivity index (χ2v) is 6.24. The van der Waals surface area contributed by atoms with E-state index in [0.29, 0.717) is 24.6 Å². The first-order valence-corrected chi connectivity index (χ1v) is 8.28. The van der Waals surface area contributed by atoms with Gasteiger partial charge in [-0.1, -0.05) is 18.6 Å². The standard InChI is InChI=1S/C17H22N4O/c1-2-7-15-14(6-1)20-16(19-12-8-9-12)17(21-15)22-11-13-5-3-4-10-18-13/h1-2,6-7,12-13,18H,3-5,8-11H2,(H,19,20)/t13-/m0/s1. The summed E-state index contributed by atoms with van der Waals surface area (Å²) in [6.07, 6.45) is 6.13. The molecule has 1 aliphatic heterocycles. The van der Waals surface area contributed by atoms with Crippen LogP contribution in [0.3, 0.4) is 0 Å². The summed E-state index contributed by atoms with van der Waals surface area (Å²) >= 11 is 0. The van der Waals surface area contributed by atoms with Gasteiger partial charge >= 0.3 is 0 Å². The van der Waals surface area contributed by atoms with Gasteiger partial charge in [0.15, 0.2) is 5.82 Å². The molecule has 0 spiro atoms. The summed E-state index contributed by atoms with van der Waals surface area (Å²) < 4.78 is 6.01. The van der Waals surface area contributed by atoms with E-state index in [4.69, 9.17) is 9.72 Å². The lowest BCUT2D eigenvalue weighted by atomic mass is 10.1. The van der Waals surface area contributed by atoms with Gasteiger partial charge < -0.3 is 15.4 Å². The van der Waals surface area contributed by atoms with Gasteiger partial charge in [-0.25, -0.2) is 9.97 Å². The highest BCUT2D eigenvalue weighted by Crippen LogP contribution is 2.30. The molecule has 4 rings (SSSR count). The Labute approximate surface area is 130 Å². The lowest BCUT2D eigenvalue weighted by Gasteiger charge is -2.23. The maximum absolute atomic E-state index is 6.01. The normalized spacial score (nSPS) is 21.7. The first-order valence-electron chi connectivity index (χ1n) is 8.28. The Morgan fingerprint density at radius 3 is 2.64 bits per heavy atom. The Balaban J connectivity index is 1.55. The molecule has 1 aliphatic carbocycles. The Morgan fingerprint density at radius 2 is 1.91 bits per heavy atom. The predicted molar refractivity (Wildman–Crippen MR) is 87.3 cm³/mol. The molecule has 2 heterocycles. The van der Waals surface area contributed by atoms with E-state index in [2.05, 4.69) is 15.6 Å². The van der Waals surface area contributed by atoms with E-state index in [-0.39, 0.29) is 0 Å². The lowest BCUT2D eigenvalue weighted by molar-refractivity contribution is 0.233. The van der Waals surface area contributed by atoms with Gasteiger partial charge in [-0.15, -0.1) is 0 Å². The molecule has 1 aromatic carbocycles. The number of benzene rings is 1. The Hall–Kier alpha value is -1.88. The van der Waals surface area contributed by atoms with Crippen LogP contribution in [0, 0.1) is 0 Å². The van der Waals surface area contributed by atoms with Gasteiger partial charge in [-0.2, -0.15) is 0 Å². The minimum atomic E-state index is 0.427. The summed E-state index contributed by atoms with van der Waals surface area (Å²) in [6, 6.07) is 8.91. The SMILES string of the molecule is c1ccc2nc(OC[C@@H]3CCCCN3)c(NC3CC3)nc2c1. The van der Waals surface area contributed by atoms with Crippen LogP contribution in [0.1, 0.15) is 32.1 Å². The molecular weight excluding hydrogens is 276 g/mol. The molecule has 0 radical (unpaired) electrons. The third kappa shape index (κ3) is 3.14. The zero-order chi connectivity index (χ0) is 14.8. The average molecular weight is 298 g/mol. The molecule has 0 unspecified atom stereocenters. The van der Waals surface area contributed by atoms with Gasteiger partial charge in [0, 0.05) is 12.1 Å². The highest BCUT2D eigenvalue weighted by molar-refractivity contribution is 5.77. The lowest BCUT2D eigenvalue weighted by Crippen LogP contribution is -2.38. The highest BCUT2D eigenvalue weighted by Gasteiger charge is 2.24. The van der Waals surface area contributed by atoms with Crippen molar-refractivity contribution in [3.8, 4) is 5.88 Å². The van der Waals surface area contributed by atoms with Crippen molar-refractivity contribution in [3.05, 3.63) is 24.3 Å². The summed E-state index contributed by atoms with van der Waals surface area (Å²) in [5.41, 5.74) is 1.80. The number of para-hydroxylation sites is 2. The molecule has 1 saturated heterocycles. The Bertz CT molecular complexity index is 650. The molecule has 2 aliphatic rings. The first kappa shape index (κ1) is 13.8. The zero-order valence-electron chi connectivity index (χ0n) is 12.7. The van der Waals surface area contributed by atoms with Gasteiger partial charge in [-0.3, -0.25) is 0 Å². The molecule has 0 amide bonds. The number of hydrogen-bond donors (Lipinski definition) is 2. The molecule has 2 aromatic rings. The maximum Gasteiger partial charge on any atom is 0.258 e. The monoisotopic (exact) mass is 298 g/mol. The van der Waals surface area contributed by atoms with E-state index in [9.17, 15) is 0 Å². The minimum absolute atomic E-state index is 0.427. The molecule has 5 nitrogen and oxygen atoms in total. The second kappa shape index (κ2) is 6.08. The summed E-state index contributed by atoms with van der Waals surface area (Å²) in [7, 11) is 0. The number of nitrogens with zero attached hydrogens (tertiary/aromatic N) is 2. The van der Waals surface area contributed by atoms with E-state index in [1.807, 2.05) is 24.3 Å². The van der Waals surface area contributed by atoms with Gasteiger partial charge in [0.1, 0.15) is 6.61 Å². The van der Waals surface area contributed by atoms with Gasteiger partial charge in [0.2, 0.25) is 0 Å². The summed E-state index contributed by atoms with van der Waals surface area (Å²) in [6.45, 7) is 1.75. The van der Waals surface area contributed by atoms with Crippen LogP contribution >= 0.6 is 0 Å². The van der Waals surface area contributed by atoms with Crippen molar-refractivity contribution in [2.24, 2.45) is 0 Å². The van der Waals surface area contributed by atoms with Crippen LogP contribution in [0.25, 0.3) is 11.0 Å². The number of fused-ring (bicyclic) bond motifs is 1. The summed E-state index contributed by atoms with van der Waals surface area (Å²) in [4.78, 5) is 9.37. The number of piperidine rings is 1. The van der Waals surface area contributed by atoms with E-state index >= 15 is 0 Å². The van der Waals surface area contributed by atoms with E-state index in [1.165, 1.54) is 32.1 Å². The average Bonchev–Trinajstić information content (AvgIpc) is 3.38. The molecule has 0 bridgehead atoms. The van der Waals surface area contributed by atoms with Crippen molar-refractivity contribution in [1.29, 1.82) is 0 Å². The fourth-order valence-corrected chi connectivity index (χ4v) is 2.85. The smallest absolute Gasteiger partial charge is 0.258 e. The molecule has 22 heavy (non-hydrogen) atoms. The number of ether oxygens (including phenoxy) is 1. The van der Waals surface area contributed by atoms with Crippen LogP contribution in [0.4, 0.5) is 5.82 Å². The molecule has 1 saturated carbocycles. The van der Waals surface area contributed by atoms with Crippen molar-refractivity contribution in [2.75, 3.05) is 18.5 Å². The number of aromatic nitrogens is 2. The maximum atomic E-state index is 6.01. The quantitative estimate of drug-likeness (QED) is 0.889. The third-order valence-corrected chi connectivity index (χ3v) is 4.29. The summed E-state index contributed by atoms with van der Waals surface area (Å²) in [5.74, 6) is 1.43. The largest absolute Gasteiger partial charge is 0.473 e. The van der Waals surface area contributed by atoms with Crippen LogP contribution in [0.15, 0.2) is 24.3 Å². The number of nitrogens with one attached hydrogen (secondary N) is 2. The van der Waals surface area contributed by atoms with Crippen molar-refractivity contribution >= 4 is 16.9 Å². The van der Waals surface area contributed by atoms with Gasteiger partial charge in [0.05, 0.1) is 11.0 Å². The topological polar surface area (TPSA) is 59.1 Å². The predicted octanol–water partition coefficient (Wildman–Crippen LogP) is 2.73. The number of rotatable bonds is 5. The van der Waals surface area contributed by atoms with E-state index in [0.717, 1.165) is 23.4 Å². The highest BCUT2D eigenvalue weighted by atomic mass is 16.5. The van der Waals surface area contributed by atoms with Gasteiger partial charge in [-0.05, 0) is 44.4 Å². The molecule has 116 valence electrons. The Morgan fingerprint density at radius 1 is 1.09 bits per heavy atom. The van der Waals surface area contributed by atoms with Crippen molar-refractivity contribution < 1.29 is 4.74 Å². The van der Waals surface area contributed by atoms with Crippen LogP contribution in [0.2, 0.25) is 0 Å². The van der Waals surface area contributed by atoms with Gasteiger partial charge in [0.25, 0.3) is 5.88 Å². The fraction of sp³-hybridized carbons (Fsp3) is 0.529. The molecule has 1 atom stereocenters. The third-order valence-electron chi connectivity index (χ3n) is 4.29. The van der Waals surface area contributed by atoms with Crippen molar-refractivity contribution in [3.63, 3.8) is 0 Å². The van der Waals surface area contributed by atoms with Crippen LogP contribution < -0.4 is 15.4 Å².